The van der Waals surface area contributed by atoms with Crippen molar-refractivity contribution in [3.05, 3.63) is 106 Å². The van der Waals surface area contributed by atoms with E-state index in [0.717, 1.165) is 66.4 Å². The maximum absolute atomic E-state index is 14.8. The van der Waals surface area contributed by atoms with E-state index in [4.69, 9.17) is 14.4 Å². The van der Waals surface area contributed by atoms with Crippen molar-refractivity contribution in [3.8, 4) is 6.07 Å². The van der Waals surface area contributed by atoms with Crippen LogP contribution in [0.1, 0.15) is 63.2 Å². The Balaban J connectivity index is 1.05. The third kappa shape index (κ3) is 5.40. The number of nitriles is 1. The first kappa shape index (κ1) is 27.7. The molecule has 0 aliphatic carbocycles. The average molecular weight is 592 g/mol. The number of oxazole rings is 1. The molecular weight excluding hydrogens is 561 g/mol. The average Bonchev–Trinajstić information content (AvgIpc) is 3.69. The topological polar surface area (TPSA) is 124 Å². The van der Waals surface area contributed by atoms with E-state index in [0.29, 0.717) is 49.0 Å². The first-order chi connectivity index (χ1) is 21.4. The van der Waals surface area contributed by atoms with Gasteiger partial charge in [0.1, 0.15) is 30.3 Å². The molecule has 1 N–H and O–H groups in total. The zero-order valence-electron chi connectivity index (χ0n) is 24.0. The van der Waals surface area contributed by atoms with Crippen LogP contribution in [0.2, 0.25) is 0 Å². The van der Waals surface area contributed by atoms with E-state index in [1.165, 1.54) is 12.3 Å². The van der Waals surface area contributed by atoms with E-state index < -0.39 is 5.97 Å². The number of halogens is 1. The summed E-state index contributed by atoms with van der Waals surface area (Å²) in [5.74, 6) is 1.21. The van der Waals surface area contributed by atoms with E-state index >= 15 is 0 Å². The van der Waals surface area contributed by atoms with Crippen LogP contribution in [0, 0.1) is 17.1 Å². The smallest absolute Gasteiger partial charge is 0.335 e. The second-order valence-corrected chi connectivity index (χ2v) is 11.4. The molecule has 0 atom stereocenters. The summed E-state index contributed by atoms with van der Waals surface area (Å²) in [5.41, 5.74) is 4.63. The van der Waals surface area contributed by atoms with E-state index in [9.17, 15) is 19.6 Å². The van der Waals surface area contributed by atoms with Gasteiger partial charge in [-0.3, -0.25) is 4.90 Å². The molecule has 5 heterocycles. The van der Waals surface area contributed by atoms with Crippen LogP contribution in [-0.2, 0) is 26.1 Å². The predicted molar refractivity (Wildman–Crippen MR) is 160 cm³/mol. The van der Waals surface area contributed by atoms with Crippen molar-refractivity contribution in [3.63, 3.8) is 0 Å². The summed E-state index contributed by atoms with van der Waals surface area (Å²) in [4.78, 5) is 30.3. The number of fused-ring (bicyclic) bond motifs is 2. The SMILES string of the molecule is N#Cc1cc(F)c2c(c1)CCN(c1cccc(C3CCN(Cc4nc5ccc(C(=O)O)cc5n4Cc4ncco4)CC3)n1)C2. The summed E-state index contributed by atoms with van der Waals surface area (Å²) < 4.78 is 22.2. The molecule has 44 heavy (non-hydrogen) atoms. The van der Waals surface area contributed by atoms with Crippen LogP contribution in [0.25, 0.3) is 11.0 Å². The number of hydrogen-bond donors (Lipinski definition) is 1. The fourth-order valence-electron chi connectivity index (χ4n) is 6.38. The van der Waals surface area contributed by atoms with Gasteiger partial charge in [0.15, 0.2) is 0 Å². The minimum atomic E-state index is -0.983. The molecule has 11 heteroatoms. The lowest BCUT2D eigenvalue weighted by atomic mass is 9.93. The Labute approximate surface area is 253 Å². The van der Waals surface area contributed by atoms with Gasteiger partial charge in [-0.2, -0.15) is 5.26 Å². The molecule has 0 radical (unpaired) electrons. The number of benzene rings is 2. The monoisotopic (exact) mass is 591 g/mol. The van der Waals surface area contributed by atoms with Gasteiger partial charge in [0.05, 0.1) is 41.0 Å². The maximum atomic E-state index is 14.8. The summed E-state index contributed by atoms with van der Waals surface area (Å²) in [5, 5.41) is 18.7. The fraction of sp³-hybridized carbons (Fsp3) is 0.303. The van der Waals surface area contributed by atoms with Crippen molar-refractivity contribution in [1.82, 2.24) is 24.4 Å². The van der Waals surface area contributed by atoms with E-state index in [1.807, 2.05) is 22.8 Å². The molecule has 7 rings (SSSR count). The minimum absolute atomic E-state index is 0.209. The second-order valence-electron chi connectivity index (χ2n) is 11.4. The lowest BCUT2D eigenvalue weighted by Crippen LogP contribution is -2.34. The highest BCUT2D eigenvalue weighted by molar-refractivity contribution is 5.92. The number of nitrogens with zero attached hydrogens (tertiary/aromatic N) is 7. The molecule has 1 fully saturated rings. The van der Waals surface area contributed by atoms with E-state index in [-0.39, 0.29) is 11.4 Å². The molecule has 10 nitrogen and oxygen atoms in total. The van der Waals surface area contributed by atoms with Crippen LogP contribution in [0.5, 0.6) is 0 Å². The van der Waals surface area contributed by atoms with Gasteiger partial charge in [-0.15, -0.1) is 0 Å². The number of piperidine rings is 1. The molecule has 0 amide bonds. The van der Waals surface area contributed by atoms with Gasteiger partial charge in [0, 0.05) is 30.3 Å². The number of carboxylic acid groups (broad SMARTS) is 1. The molecule has 3 aromatic heterocycles. The Morgan fingerprint density at radius 2 is 1.95 bits per heavy atom. The maximum Gasteiger partial charge on any atom is 0.335 e. The molecule has 2 aliphatic rings. The molecule has 1 saturated heterocycles. The van der Waals surface area contributed by atoms with Crippen LogP contribution < -0.4 is 4.90 Å². The lowest BCUT2D eigenvalue weighted by molar-refractivity contribution is 0.0697. The lowest BCUT2D eigenvalue weighted by Gasteiger charge is -2.33. The highest BCUT2D eigenvalue weighted by Gasteiger charge is 2.26. The Bertz CT molecular complexity index is 1890. The Hall–Kier alpha value is -5.08. The number of hydrogen-bond acceptors (Lipinski definition) is 8. The van der Waals surface area contributed by atoms with Crippen LogP contribution in [0.3, 0.4) is 0 Å². The number of carbonyl (C=O) groups is 1. The highest BCUT2D eigenvalue weighted by atomic mass is 19.1. The number of aromatic carboxylic acids is 1. The molecule has 0 saturated carbocycles. The van der Waals surface area contributed by atoms with Crippen LogP contribution in [0.15, 0.2) is 65.4 Å². The zero-order valence-corrected chi connectivity index (χ0v) is 24.0. The van der Waals surface area contributed by atoms with Crippen molar-refractivity contribution < 1.29 is 18.7 Å². The second kappa shape index (κ2) is 11.5. The van der Waals surface area contributed by atoms with Crippen molar-refractivity contribution >= 4 is 22.8 Å². The van der Waals surface area contributed by atoms with Crippen LogP contribution >= 0.6 is 0 Å². The number of anilines is 1. The van der Waals surface area contributed by atoms with Crippen molar-refractivity contribution in [2.24, 2.45) is 0 Å². The fourth-order valence-corrected chi connectivity index (χ4v) is 6.38. The summed E-state index contributed by atoms with van der Waals surface area (Å²) in [6, 6.07) is 16.2. The first-order valence-electron chi connectivity index (χ1n) is 14.7. The van der Waals surface area contributed by atoms with Crippen molar-refractivity contribution in [2.75, 3.05) is 24.5 Å². The van der Waals surface area contributed by atoms with Crippen molar-refractivity contribution in [1.29, 1.82) is 5.26 Å². The van der Waals surface area contributed by atoms with E-state index in [2.05, 4.69) is 20.9 Å². The van der Waals surface area contributed by atoms with Gasteiger partial charge >= 0.3 is 5.97 Å². The Kier molecular flexibility index (Phi) is 7.28. The molecule has 5 aromatic rings. The number of aromatic nitrogens is 4. The number of imidazole rings is 1. The molecule has 2 aromatic carbocycles. The third-order valence-electron chi connectivity index (χ3n) is 8.72. The number of rotatable bonds is 7. The highest BCUT2D eigenvalue weighted by Crippen LogP contribution is 2.31. The van der Waals surface area contributed by atoms with Gasteiger partial charge in [-0.25, -0.2) is 24.1 Å². The van der Waals surface area contributed by atoms with Crippen molar-refractivity contribution in [2.45, 2.75) is 44.8 Å². The largest absolute Gasteiger partial charge is 0.478 e. The van der Waals surface area contributed by atoms with Gasteiger partial charge in [-0.05, 0) is 80.4 Å². The number of carboxylic acids is 1. The third-order valence-corrected chi connectivity index (χ3v) is 8.72. The normalized spacial score (nSPS) is 15.8. The predicted octanol–water partition coefficient (Wildman–Crippen LogP) is 5.12. The van der Waals surface area contributed by atoms with Gasteiger partial charge in [0.25, 0.3) is 0 Å². The van der Waals surface area contributed by atoms with E-state index in [1.54, 1.807) is 30.5 Å². The summed E-state index contributed by atoms with van der Waals surface area (Å²) >= 11 is 0. The summed E-state index contributed by atoms with van der Waals surface area (Å²) in [6.45, 7) is 3.86. The minimum Gasteiger partial charge on any atom is -0.478 e. The van der Waals surface area contributed by atoms with Crippen LogP contribution in [-0.4, -0.2) is 55.1 Å². The Morgan fingerprint density at radius 1 is 1.09 bits per heavy atom. The van der Waals surface area contributed by atoms with Crippen LogP contribution in [0.4, 0.5) is 10.2 Å². The van der Waals surface area contributed by atoms with Gasteiger partial charge < -0.3 is 19.0 Å². The molecule has 2 aliphatic heterocycles. The molecular formula is C33H30FN7O3. The summed E-state index contributed by atoms with van der Waals surface area (Å²) in [6.07, 6.45) is 5.67. The molecule has 0 unspecified atom stereocenters. The van der Waals surface area contributed by atoms with Gasteiger partial charge in [-0.1, -0.05) is 6.07 Å². The standard InChI is InChI=1S/C33H30FN7O3/c34-26-15-21(17-35)14-23-8-12-40(18-25(23)26)30-3-1-2-27(37-30)22-6-10-39(11-7-22)19-31-38-28-5-4-24(33(42)43)16-29(28)41(31)20-32-36-9-13-44-32/h1-5,9,13-16,22H,6-8,10-12,18-20H2,(H,42,43). The molecule has 0 spiro atoms. The summed E-state index contributed by atoms with van der Waals surface area (Å²) in [7, 11) is 0. The molecule has 222 valence electrons. The first-order valence-corrected chi connectivity index (χ1v) is 14.7. The van der Waals surface area contributed by atoms with Gasteiger partial charge in [0.2, 0.25) is 5.89 Å². The Morgan fingerprint density at radius 3 is 2.73 bits per heavy atom. The number of pyridine rings is 1. The quantitative estimate of drug-likeness (QED) is 0.275. The molecule has 0 bridgehead atoms. The zero-order chi connectivity index (χ0) is 30.2. The number of likely N-dealkylation sites (tertiary alicyclic amines) is 1.